The molecule has 2 aliphatic rings. The van der Waals surface area contributed by atoms with Gasteiger partial charge >= 0.3 is 5.97 Å². The molecule has 2 aromatic carbocycles. The maximum Gasteiger partial charge on any atom is 0.305 e. The highest BCUT2D eigenvalue weighted by Crippen LogP contribution is 2.52. The minimum atomic E-state index is -1.09. The second-order valence-electron chi connectivity index (χ2n) is 9.45. The lowest BCUT2D eigenvalue weighted by atomic mass is 9.86. The molecule has 1 aliphatic heterocycles. The molecule has 1 saturated carbocycles. The smallest absolute Gasteiger partial charge is 0.305 e. The van der Waals surface area contributed by atoms with E-state index in [1.54, 1.807) is 19.9 Å². The second-order valence-corrected chi connectivity index (χ2v) is 9.88. The molecule has 6 nitrogen and oxygen atoms in total. The first-order chi connectivity index (χ1) is 16.2. The van der Waals surface area contributed by atoms with E-state index in [-0.39, 0.29) is 35.4 Å². The van der Waals surface area contributed by atoms with Crippen LogP contribution in [0.2, 0.25) is 0 Å². The van der Waals surface area contributed by atoms with Crippen molar-refractivity contribution < 1.29 is 29.2 Å². The third-order valence-electron chi connectivity index (χ3n) is 6.71. The maximum absolute atomic E-state index is 11.6. The van der Waals surface area contributed by atoms with Gasteiger partial charge in [-0.15, -0.1) is 0 Å². The number of carbonyl (C=O) groups excluding carboxylic acids is 1. The molecular weight excluding hydrogens is 456 g/mol. The van der Waals surface area contributed by atoms with Crippen LogP contribution in [0.4, 0.5) is 0 Å². The Kier molecular flexibility index (Phi) is 7.22. The van der Waals surface area contributed by atoms with Crippen molar-refractivity contribution in [2.45, 2.75) is 62.9 Å². The van der Waals surface area contributed by atoms with Crippen molar-refractivity contribution >= 4 is 17.6 Å². The third-order valence-corrected chi connectivity index (χ3v) is 7.04. The Balaban J connectivity index is 1.55. The summed E-state index contributed by atoms with van der Waals surface area (Å²) in [5.74, 6) is 0.720. The molecule has 7 heteroatoms. The van der Waals surface area contributed by atoms with Gasteiger partial charge in [0.25, 0.3) is 0 Å². The van der Waals surface area contributed by atoms with E-state index in [1.807, 2.05) is 48.5 Å². The molecule has 0 unspecified atom stereocenters. The zero-order valence-corrected chi connectivity index (χ0v) is 20.4. The summed E-state index contributed by atoms with van der Waals surface area (Å²) < 4.78 is 17.0. The zero-order chi connectivity index (χ0) is 24.5. The van der Waals surface area contributed by atoms with Gasteiger partial charge in [0.05, 0.1) is 13.2 Å². The lowest BCUT2D eigenvalue weighted by Gasteiger charge is -2.32. The van der Waals surface area contributed by atoms with E-state index < -0.39 is 17.8 Å². The minimum absolute atomic E-state index is 0.0952. The first-order valence-electron chi connectivity index (χ1n) is 11.5. The maximum atomic E-state index is 11.6. The number of methoxy groups -OCH3 is 1. The number of halogens is 1. The number of ether oxygens (including phenoxy) is 3. The van der Waals surface area contributed by atoms with Crippen LogP contribution < -0.4 is 9.47 Å². The predicted octanol–water partition coefficient (Wildman–Crippen LogP) is 4.36. The van der Waals surface area contributed by atoms with Crippen molar-refractivity contribution in [1.82, 2.24) is 0 Å². The molecule has 34 heavy (non-hydrogen) atoms. The van der Waals surface area contributed by atoms with E-state index in [0.717, 1.165) is 16.9 Å². The van der Waals surface area contributed by atoms with E-state index in [4.69, 9.17) is 25.8 Å². The summed E-state index contributed by atoms with van der Waals surface area (Å²) in [5.41, 5.74) is 0.949. The highest BCUT2D eigenvalue weighted by atomic mass is 35.5. The number of hydrogen-bond acceptors (Lipinski definition) is 6. The summed E-state index contributed by atoms with van der Waals surface area (Å²) in [5, 5.41) is 22.0. The molecule has 182 valence electrons. The number of benzene rings is 2. The fourth-order valence-electron chi connectivity index (χ4n) is 4.93. The van der Waals surface area contributed by atoms with Gasteiger partial charge < -0.3 is 24.4 Å². The summed E-state index contributed by atoms with van der Waals surface area (Å²) in [4.78, 5) is 11.6. The van der Waals surface area contributed by atoms with Crippen LogP contribution in [-0.2, 0) is 16.0 Å². The van der Waals surface area contributed by atoms with E-state index in [9.17, 15) is 15.0 Å². The Bertz CT molecular complexity index is 1050. The average molecular weight is 487 g/mol. The molecule has 5 atom stereocenters. The average Bonchev–Trinajstić information content (AvgIpc) is 3.32. The van der Waals surface area contributed by atoms with Gasteiger partial charge in [-0.3, -0.25) is 4.79 Å². The Morgan fingerprint density at radius 2 is 1.97 bits per heavy atom. The topological polar surface area (TPSA) is 85.2 Å². The molecule has 2 aromatic rings. The van der Waals surface area contributed by atoms with Gasteiger partial charge in [0.1, 0.15) is 29.3 Å². The highest BCUT2D eigenvalue weighted by molar-refractivity contribution is 6.30. The Labute approximate surface area is 205 Å². The molecule has 2 N–H and O–H groups in total. The van der Waals surface area contributed by atoms with Crippen LogP contribution in [0.1, 0.15) is 43.7 Å². The molecule has 1 fully saturated rings. The van der Waals surface area contributed by atoms with Crippen LogP contribution in [0, 0.1) is 5.92 Å². The molecule has 1 aliphatic carbocycles. The molecule has 4 rings (SSSR count). The largest absolute Gasteiger partial charge is 0.489 e. The third kappa shape index (κ3) is 4.95. The van der Waals surface area contributed by atoms with E-state index in [2.05, 4.69) is 0 Å². The Hall–Kier alpha value is -2.54. The number of aryl methyl sites for hydroxylation is 1. The predicted molar refractivity (Wildman–Crippen MR) is 129 cm³/mol. The van der Waals surface area contributed by atoms with Crippen molar-refractivity contribution in [3.05, 3.63) is 70.8 Å². The fraction of sp³-hybridized carbons (Fsp3) is 0.444. The summed E-state index contributed by atoms with van der Waals surface area (Å²) in [6.45, 7) is 3.55. The van der Waals surface area contributed by atoms with Gasteiger partial charge in [-0.25, -0.2) is 0 Å². The summed E-state index contributed by atoms with van der Waals surface area (Å²) in [6.07, 6.45) is 1.06. The van der Waals surface area contributed by atoms with Gasteiger partial charge in [-0.1, -0.05) is 54.1 Å². The first-order valence-corrected chi connectivity index (χ1v) is 11.9. The van der Waals surface area contributed by atoms with Crippen LogP contribution in [0.15, 0.2) is 59.6 Å². The molecule has 0 bridgehead atoms. The van der Waals surface area contributed by atoms with Gasteiger partial charge in [0.15, 0.2) is 0 Å². The molecule has 0 amide bonds. The van der Waals surface area contributed by atoms with Crippen LogP contribution in [0.25, 0.3) is 0 Å². The normalized spacial score (nSPS) is 24.7. The summed E-state index contributed by atoms with van der Waals surface area (Å²) in [6, 6.07) is 15.1. The standard InChI is InChI=1S/C27H31ClO6/c1-27(2,34-17-9-5-4-6-10-17)26(31)20(28)14-19-21(29)15-22-24(19)18-11-7-8-16(25(18)33-22)12-13-23(30)32-3/h4-11,14,19,21-22,24,26,29,31H,12-13,15H2,1-3H3/b20-14-/t19-,21+,22-,24+,26+/m0/s1. The quantitative estimate of drug-likeness (QED) is 0.539. The van der Waals surface area contributed by atoms with Gasteiger partial charge in [0.2, 0.25) is 0 Å². The minimum Gasteiger partial charge on any atom is -0.489 e. The lowest BCUT2D eigenvalue weighted by molar-refractivity contribution is -0.140. The van der Waals surface area contributed by atoms with Crippen molar-refractivity contribution in [3.63, 3.8) is 0 Å². The van der Waals surface area contributed by atoms with E-state index >= 15 is 0 Å². The SMILES string of the molecule is COC(=O)CCc1cccc2c1O[C@H]1C[C@@H](O)[C@H](/C=C(\Cl)[C@@H](O)C(C)(C)Oc3ccccc3)[C@@H]21. The number of rotatable bonds is 8. The van der Waals surface area contributed by atoms with Crippen molar-refractivity contribution in [1.29, 1.82) is 0 Å². The number of carbonyl (C=O) groups is 1. The number of para-hydroxylation sites is 2. The number of hydrogen-bond donors (Lipinski definition) is 2. The second kappa shape index (κ2) is 9.98. The van der Waals surface area contributed by atoms with Crippen molar-refractivity contribution in [3.8, 4) is 11.5 Å². The van der Waals surface area contributed by atoms with Crippen LogP contribution in [-0.4, -0.2) is 47.2 Å². The lowest BCUT2D eigenvalue weighted by Crippen LogP contribution is -2.42. The molecule has 0 radical (unpaired) electrons. The van der Waals surface area contributed by atoms with Crippen LogP contribution >= 0.6 is 11.6 Å². The van der Waals surface area contributed by atoms with E-state index in [1.165, 1.54) is 7.11 Å². The molecule has 0 spiro atoms. The fourth-order valence-corrected chi connectivity index (χ4v) is 5.33. The Morgan fingerprint density at radius 1 is 1.24 bits per heavy atom. The first kappa shape index (κ1) is 24.6. The van der Waals surface area contributed by atoms with Crippen molar-refractivity contribution in [2.75, 3.05) is 7.11 Å². The van der Waals surface area contributed by atoms with Crippen LogP contribution in [0.5, 0.6) is 11.5 Å². The number of aliphatic hydroxyl groups excluding tert-OH is 2. The van der Waals surface area contributed by atoms with E-state index in [0.29, 0.717) is 18.6 Å². The highest BCUT2D eigenvalue weighted by Gasteiger charge is 2.49. The monoisotopic (exact) mass is 486 g/mol. The zero-order valence-electron chi connectivity index (χ0n) is 19.6. The number of aliphatic hydroxyl groups is 2. The molecular formula is C27H31ClO6. The van der Waals surface area contributed by atoms with Gasteiger partial charge in [-0.05, 0) is 38.0 Å². The molecule has 1 heterocycles. The molecule has 0 saturated heterocycles. The number of fused-ring (bicyclic) bond motifs is 3. The van der Waals surface area contributed by atoms with Crippen molar-refractivity contribution in [2.24, 2.45) is 5.92 Å². The van der Waals surface area contributed by atoms with Gasteiger partial charge in [-0.2, -0.15) is 0 Å². The number of esters is 1. The van der Waals surface area contributed by atoms with Gasteiger partial charge in [0, 0.05) is 35.3 Å². The summed E-state index contributed by atoms with van der Waals surface area (Å²) in [7, 11) is 1.38. The van der Waals surface area contributed by atoms with Crippen LogP contribution in [0.3, 0.4) is 0 Å². The molecule has 0 aromatic heterocycles. The summed E-state index contributed by atoms with van der Waals surface area (Å²) >= 11 is 6.60. The Morgan fingerprint density at radius 3 is 2.68 bits per heavy atom.